The Morgan fingerprint density at radius 3 is 2.88 bits per heavy atom. The number of nitriles is 1. The minimum atomic E-state index is -0.430. The lowest BCUT2D eigenvalue weighted by Crippen LogP contribution is -2.40. The molecule has 2 aliphatic carbocycles. The molecule has 4 bridgehead atoms. The molecular weight excluding hydrogens is 214 g/mol. The van der Waals surface area contributed by atoms with Crippen LogP contribution in [0, 0.1) is 28.6 Å². The van der Waals surface area contributed by atoms with Gasteiger partial charge >= 0.3 is 0 Å². The predicted octanol–water partition coefficient (Wildman–Crippen LogP) is 2.23. The first-order valence-corrected chi connectivity index (χ1v) is 6.24. The van der Waals surface area contributed by atoms with Gasteiger partial charge in [0.2, 0.25) is 0 Å². The van der Waals surface area contributed by atoms with Crippen molar-refractivity contribution in [3.8, 4) is 6.07 Å². The molecule has 0 aromatic heterocycles. The molecule has 4 unspecified atom stereocenters. The van der Waals surface area contributed by atoms with Crippen LogP contribution in [0.5, 0.6) is 0 Å². The van der Waals surface area contributed by atoms with Crippen molar-refractivity contribution in [3.63, 3.8) is 0 Å². The van der Waals surface area contributed by atoms with Gasteiger partial charge in [0.05, 0.1) is 23.2 Å². The third-order valence-corrected chi connectivity index (χ3v) is 4.95. The Morgan fingerprint density at radius 1 is 1.65 bits per heavy atom. The van der Waals surface area contributed by atoms with E-state index in [1.807, 2.05) is 0 Å². The topological polar surface area (TPSA) is 50.1 Å². The normalized spacial score (nSPS) is 53.1. The van der Waals surface area contributed by atoms with E-state index in [1.54, 1.807) is 13.0 Å². The van der Waals surface area contributed by atoms with Crippen molar-refractivity contribution in [2.75, 3.05) is 0 Å². The zero-order valence-corrected chi connectivity index (χ0v) is 10.5. The van der Waals surface area contributed by atoms with Crippen molar-refractivity contribution >= 4 is 5.78 Å². The molecule has 2 saturated heterocycles. The van der Waals surface area contributed by atoms with Gasteiger partial charge in [-0.05, 0) is 50.2 Å². The molecule has 4 aliphatic rings. The molecule has 2 saturated carbocycles. The van der Waals surface area contributed by atoms with Gasteiger partial charge in [0.25, 0.3) is 0 Å². The van der Waals surface area contributed by atoms with Crippen LogP contribution >= 0.6 is 0 Å². The van der Waals surface area contributed by atoms with Crippen molar-refractivity contribution in [1.82, 2.24) is 0 Å². The highest BCUT2D eigenvalue weighted by Crippen LogP contribution is 2.67. The first-order valence-electron chi connectivity index (χ1n) is 6.24. The van der Waals surface area contributed by atoms with E-state index in [0.717, 1.165) is 18.4 Å². The SMILES string of the molecule is CC(=O)C=C1C2OC3(C)CC1(C#N)CC3[C@@H]2C. The fourth-order valence-corrected chi connectivity index (χ4v) is 4.30. The van der Waals surface area contributed by atoms with Crippen molar-refractivity contribution in [2.45, 2.75) is 45.3 Å². The van der Waals surface area contributed by atoms with E-state index in [0.29, 0.717) is 11.8 Å². The Hall–Kier alpha value is -1.14. The van der Waals surface area contributed by atoms with Crippen LogP contribution in [-0.2, 0) is 9.53 Å². The lowest BCUT2D eigenvalue weighted by atomic mass is 9.67. The fourth-order valence-electron chi connectivity index (χ4n) is 4.30. The molecule has 0 aromatic carbocycles. The van der Waals surface area contributed by atoms with Gasteiger partial charge in [-0.25, -0.2) is 0 Å². The standard InChI is InChI=1S/C14H17NO2/c1-8(16)4-10-12-9(2)11-5-14(10,7-15)6-13(11,3)17-12/h4,9,11-12H,5-6H2,1-3H3/t9-,11?,12?,13?,14?/m0/s1. The van der Waals surface area contributed by atoms with Gasteiger partial charge < -0.3 is 4.74 Å². The van der Waals surface area contributed by atoms with Crippen molar-refractivity contribution < 1.29 is 9.53 Å². The largest absolute Gasteiger partial charge is 0.367 e. The Kier molecular flexibility index (Phi) is 1.94. The molecule has 3 heteroatoms. The highest BCUT2D eigenvalue weighted by molar-refractivity contribution is 5.88. The Bertz CT molecular complexity index is 475. The maximum Gasteiger partial charge on any atom is 0.152 e. The Labute approximate surface area is 101 Å². The minimum Gasteiger partial charge on any atom is -0.367 e. The molecule has 17 heavy (non-hydrogen) atoms. The molecule has 4 rings (SSSR count). The molecule has 0 aromatic rings. The van der Waals surface area contributed by atoms with Crippen LogP contribution in [0.1, 0.15) is 33.6 Å². The van der Waals surface area contributed by atoms with Gasteiger partial charge in [-0.15, -0.1) is 0 Å². The summed E-state index contributed by atoms with van der Waals surface area (Å²) in [6.45, 7) is 5.85. The summed E-state index contributed by atoms with van der Waals surface area (Å²) in [6.07, 6.45) is 3.24. The highest BCUT2D eigenvalue weighted by Gasteiger charge is 2.68. The summed E-state index contributed by atoms with van der Waals surface area (Å²) in [5, 5.41) is 9.53. The van der Waals surface area contributed by atoms with E-state index < -0.39 is 5.41 Å². The molecule has 0 spiro atoms. The second-order valence-electron chi connectivity index (χ2n) is 6.10. The van der Waals surface area contributed by atoms with Gasteiger partial charge in [0, 0.05) is 0 Å². The number of carbonyl (C=O) groups is 1. The zero-order chi connectivity index (χ0) is 12.4. The van der Waals surface area contributed by atoms with E-state index in [2.05, 4.69) is 19.9 Å². The van der Waals surface area contributed by atoms with E-state index in [1.165, 1.54) is 0 Å². The van der Waals surface area contributed by atoms with Crippen LogP contribution in [0.25, 0.3) is 0 Å². The fraction of sp³-hybridized carbons (Fsp3) is 0.714. The lowest BCUT2D eigenvalue weighted by Gasteiger charge is -2.39. The molecule has 4 fully saturated rings. The number of rotatable bonds is 1. The van der Waals surface area contributed by atoms with Crippen molar-refractivity contribution in [2.24, 2.45) is 17.3 Å². The number of hydrogen-bond acceptors (Lipinski definition) is 3. The minimum absolute atomic E-state index is 0.0175. The van der Waals surface area contributed by atoms with E-state index in [4.69, 9.17) is 4.74 Å². The maximum atomic E-state index is 11.4. The summed E-state index contributed by atoms with van der Waals surface area (Å²) in [5.74, 6) is 0.912. The first kappa shape index (κ1) is 11.0. The van der Waals surface area contributed by atoms with Crippen LogP contribution in [0.15, 0.2) is 11.6 Å². The number of carbonyl (C=O) groups excluding carboxylic acids is 1. The van der Waals surface area contributed by atoms with Crippen LogP contribution in [0.2, 0.25) is 0 Å². The quantitative estimate of drug-likeness (QED) is 0.650. The Balaban J connectivity index is 2.14. The monoisotopic (exact) mass is 231 g/mol. The van der Waals surface area contributed by atoms with Gasteiger partial charge in [-0.2, -0.15) is 5.26 Å². The maximum absolute atomic E-state index is 11.4. The number of hydrogen-bond donors (Lipinski definition) is 0. The third kappa shape index (κ3) is 1.17. The molecule has 3 nitrogen and oxygen atoms in total. The summed E-state index contributed by atoms with van der Waals surface area (Å²) in [7, 11) is 0. The molecule has 0 radical (unpaired) electrons. The van der Waals surface area contributed by atoms with Crippen LogP contribution in [0.3, 0.4) is 0 Å². The van der Waals surface area contributed by atoms with Gasteiger partial charge in [-0.1, -0.05) is 6.92 Å². The summed E-state index contributed by atoms with van der Waals surface area (Å²) < 4.78 is 6.12. The summed E-state index contributed by atoms with van der Waals surface area (Å²) in [5.41, 5.74) is 0.361. The van der Waals surface area contributed by atoms with E-state index in [-0.39, 0.29) is 17.5 Å². The zero-order valence-electron chi connectivity index (χ0n) is 10.5. The number of ketones is 1. The number of allylic oxidation sites excluding steroid dienone is 1. The summed E-state index contributed by atoms with van der Waals surface area (Å²) in [6, 6.07) is 2.47. The molecule has 5 atom stereocenters. The third-order valence-electron chi connectivity index (χ3n) is 4.95. The molecule has 0 N–H and O–H groups in total. The van der Waals surface area contributed by atoms with Crippen LogP contribution in [0.4, 0.5) is 0 Å². The molecule has 0 amide bonds. The summed E-state index contributed by atoms with van der Waals surface area (Å²) in [4.78, 5) is 11.4. The highest BCUT2D eigenvalue weighted by atomic mass is 16.5. The summed E-state index contributed by atoms with van der Waals surface area (Å²) >= 11 is 0. The molecule has 2 aliphatic heterocycles. The van der Waals surface area contributed by atoms with Crippen LogP contribution in [-0.4, -0.2) is 17.5 Å². The molecular formula is C14H17NO2. The first-order chi connectivity index (χ1) is 7.92. The molecule has 2 heterocycles. The second kappa shape index (κ2) is 3.00. The van der Waals surface area contributed by atoms with Gasteiger partial charge in [0.1, 0.15) is 0 Å². The van der Waals surface area contributed by atoms with Gasteiger partial charge in [0.15, 0.2) is 5.78 Å². The predicted molar refractivity (Wildman–Crippen MR) is 62.0 cm³/mol. The van der Waals surface area contributed by atoms with E-state index in [9.17, 15) is 10.1 Å². The average Bonchev–Trinajstić information content (AvgIpc) is 2.61. The van der Waals surface area contributed by atoms with Gasteiger partial charge in [-0.3, -0.25) is 4.79 Å². The smallest absolute Gasteiger partial charge is 0.152 e. The average molecular weight is 231 g/mol. The lowest BCUT2D eigenvalue weighted by molar-refractivity contribution is -0.113. The number of nitrogens with zero attached hydrogens (tertiary/aromatic N) is 1. The Morgan fingerprint density at radius 2 is 2.35 bits per heavy atom. The van der Waals surface area contributed by atoms with Crippen molar-refractivity contribution in [3.05, 3.63) is 11.6 Å². The van der Waals surface area contributed by atoms with E-state index >= 15 is 0 Å². The van der Waals surface area contributed by atoms with Crippen LogP contribution < -0.4 is 0 Å². The molecule has 90 valence electrons. The van der Waals surface area contributed by atoms with Crippen molar-refractivity contribution in [1.29, 1.82) is 5.26 Å². The second-order valence-corrected chi connectivity index (χ2v) is 6.10. The number of ether oxygens (including phenoxy) is 1.